The fourth-order valence-electron chi connectivity index (χ4n) is 2.49. The van der Waals surface area contributed by atoms with E-state index < -0.39 is 0 Å². The third-order valence-electron chi connectivity index (χ3n) is 3.38. The lowest BCUT2D eigenvalue weighted by Gasteiger charge is -2.25. The number of hydrogen-bond donors (Lipinski definition) is 1. The maximum absolute atomic E-state index is 5.53. The van der Waals surface area contributed by atoms with Crippen molar-refractivity contribution in [3.63, 3.8) is 0 Å². The highest BCUT2D eigenvalue weighted by molar-refractivity contribution is 9.11. The van der Waals surface area contributed by atoms with Gasteiger partial charge < -0.3 is 9.73 Å². The summed E-state index contributed by atoms with van der Waals surface area (Å²) in [6.45, 7) is 0. The molecule has 1 aliphatic rings. The first-order valence-electron chi connectivity index (χ1n) is 6.12. The molecule has 0 fully saturated rings. The lowest BCUT2D eigenvalue weighted by molar-refractivity contribution is 0.461. The number of aryl methyl sites for hydroxylation is 1. The molecule has 0 radical (unpaired) electrons. The van der Waals surface area contributed by atoms with Crippen LogP contribution in [0.25, 0.3) is 0 Å². The second-order valence-corrected chi connectivity index (χ2v) is 7.26. The van der Waals surface area contributed by atoms with E-state index in [0.717, 1.165) is 44.1 Å². The second kappa shape index (κ2) is 5.62. The molecule has 2 aromatic rings. The Morgan fingerprint density at radius 2 is 1.89 bits per heavy atom. The molecule has 0 saturated heterocycles. The molecule has 1 heterocycles. The van der Waals surface area contributed by atoms with Crippen molar-refractivity contribution in [2.45, 2.75) is 25.3 Å². The van der Waals surface area contributed by atoms with Crippen LogP contribution in [0.2, 0.25) is 0 Å². The van der Waals surface area contributed by atoms with Crippen molar-refractivity contribution >= 4 is 53.5 Å². The van der Waals surface area contributed by atoms with Gasteiger partial charge in [-0.2, -0.15) is 0 Å². The molecule has 5 heteroatoms. The number of rotatable bonds is 2. The maximum atomic E-state index is 5.53. The Labute approximate surface area is 137 Å². The van der Waals surface area contributed by atoms with Crippen LogP contribution in [0, 0.1) is 0 Å². The largest absolute Gasteiger partial charge is 0.469 e. The SMILES string of the molecule is Brc1cc(Br)c(NC2CCCc3occc32)c(Br)c1. The lowest BCUT2D eigenvalue weighted by atomic mass is 9.93. The Morgan fingerprint density at radius 1 is 1.16 bits per heavy atom. The summed E-state index contributed by atoms with van der Waals surface area (Å²) in [6, 6.07) is 6.49. The molecule has 1 aromatic heterocycles. The summed E-state index contributed by atoms with van der Waals surface area (Å²) < 4.78 is 8.67. The van der Waals surface area contributed by atoms with Gasteiger partial charge in [-0.25, -0.2) is 0 Å². The van der Waals surface area contributed by atoms with Gasteiger partial charge in [0.15, 0.2) is 0 Å². The molecule has 1 unspecified atom stereocenters. The van der Waals surface area contributed by atoms with Gasteiger partial charge in [0.1, 0.15) is 5.76 Å². The summed E-state index contributed by atoms with van der Waals surface area (Å²) in [5.74, 6) is 1.12. The number of anilines is 1. The Balaban J connectivity index is 1.92. The van der Waals surface area contributed by atoms with E-state index in [1.807, 2.05) is 12.1 Å². The van der Waals surface area contributed by atoms with E-state index >= 15 is 0 Å². The van der Waals surface area contributed by atoms with Gasteiger partial charge in [-0.05, 0) is 62.9 Å². The lowest BCUT2D eigenvalue weighted by Crippen LogP contribution is -2.16. The van der Waals surface area contributed by atoms with Crippen LogP contribution in [0.4, 0.5) is 5.69 Å². The van der Waals surface area contributed by atoms with Crippen molar-refractivity contribution in [2.24, 2.45) is 0 Å². The third kappa shape index (κ3) is 2.78. The van der Waals surface area contributed by atoms with E-state index in [0.29, 0.717) is 6.04 Å². The van der Waals surface area contributed by atoms with Crippen LogP contribution in [0.3, 0.4) is 0 Å². The molecule has 0 spiro atoms. The Morgan fingerprint density at radius 3 is 2.63 bits per heavy atom. The van der Waals surface area contributed by atoms with Crippen LogP contribution in [0.1, 0.15) is 30.2 Å². The highest BCUT2D eigenvalue weighted by Crippen LogP contribution is 2.39. The van der Waals surface area contributed by atoms with Crippen LogP contribution in [-0.2, 0) is 6.42 Å². The summed E-state index contributed by atoms with van der Waals surface area (Å²) in [5, 5.41) is 3.61. The van der Waals surface area contributed by atoms with Crippen molar-refractivity contribution in [3.8, 4) is 0 Å². The average Bonchev–Trinajstić information content (AvgIpc) is 2.82. The topological polar surface area (TPSA) is 25.2 Å². The third-order valence-corrected chi connectivity index (χ3v) is 5.09. The zero-order valence-corrected chi connectivity index (χ0v) is 14.8. The number of furan rings is 1. The van der Waals surface area contributed by atoms with Crippen LogP contribution in [0.5, 0.6) is 0 Å². The van der Waals surface area contributed by atoms with Gasteiger partial charge in [-0.3, -0.25) is 0 Å². The van der Waals surface area contributed by atoms with Crippen molar-refractivity contribution < 1.29 is 4.42 Å². The minimum atomic E-state index is 0.316. The first-order chi connectivity index (χ1) is 9.15. The fourth-order valence-corrected chi connectivity index (χ4v) is 4.98. The standard InChI is InChI=1S/C14H12Br3NO/c15-8-6-10(16)14(11(17)7-8)18-12-2-1-3-13-9(12)4-5-19-13/h4-7,12,18H,1-3H2. The molecule has 3 rings (SSSR count). The molecule has 100 valence electrons. The van der Waals surface area contributed by atoms with Gasteiger partial charge in [-0.1, -0.05) is 15.9 Å². The number of nitrogens with one attached hydrogen (secondary N) is 1. The highest BCUT2D eigenvalue weighted by Gasteiger charge is 2.23. The van der Waals surface area contributed by atoms with E-state index in [1.54, 1.807) is 6.26 Å². The van der Waals surface area contributed by atoms with Gasteiger partial charge in [0.25, 0.3) is 0 Å². The van der Waals surface area contributed by atoms with E-state index in [1.165, 1.54) is 5.56 Å². The normalized spacial score (nSPS) is 18.2. The number of benzene rings is 1. The zero-order chi connectivity index (χ0) is 13.4. The van der Waals surface area contributed by atoms with Gasteiger partial charge in [-0.15, -0.1) is 0 Å². The zero-order valence-electron chi connectivity index (χ0n) is 10.1. The van der Waals surface area contributed by atoms with Crippen molar-refractivity contribution in [2.75, 3.05) is 5.32 Å². The molecule has 0 amide bonds. The van der Waals surface area contributed by atoms with Gasteiger partial charge in [0.2, 0.25) is 0 Å². The van der Waals surface area contributed by atoms with Gasteiger partial charge in [0.05, 0.1) is 18.0 Å². The van der Waals surface area contributed by atoms with Crippen LogP contribution < -0.4 is 5.32 Å². The molecule has 0 bridgehead atoms. The van der Waals surface area contributed by atoms with E-state index in [4.69, 9.17) is 4.42 Å². The van der Waals surface area contributed by atoms with Gasteiger partial charge >= 0.3 is 0 Å². The van der Waals surface area contributed by atoms with Crippen molar-refractivity contribution in [1.82, 2.24) is 0 Å². The Kier molecular flexibility index (Phi) is 4.06. The summed E-state index contributed by atoms with van der Waals surface area (Å²) >= 11 is 10.7. The quantitative estimate of drug-likeness (QED) is 0.603. The number of halogens is 3. The van der Waals surface area contributed by atoms with Crippen molar-refractivity contribution in [3.05, 3.63) is 49.2 Å². The van der Waals surface area contributed by atoms with E-state index in [2.05, 4.69) is 59.2 Å². The number of fused-ring (bicyclic) bond motifs is 1. The first kappa shape index (κ1) is 13.7. The predicted molar refractivity (Wildman–Crippen MR) is 87.6 cm³/mol. The molecule has 2 nitrogen and oxygen atoms in total. The summed E-state index contributed by atoms with van der Waals surface area (Å²) in [6.07, 6.45) is 5.12. The fraction of sp³-hybridized carbons (Fsp3) is 0.286. The molecule has 1 N–H and O–H groups in total. The summed E-state index contributed by atoms with van der Waals surface area (Å²) in [5.41, 5.74) is 2.37. The van der Waals surface area contributed by atoms with Crippen LogP contribution in [-0.4, -0.2) is 0 Å². The average molecular weight is 450 g/mol. The van der Waals surface area contributed by atoms with Gasteiger partial charge in [0, 0.05) is 25.4 Å². The second-order valence-electron chi connectivity index (χ2n) is 4.63. The minimum absolute atomic E-state index is 0.316. The molecule has 1 aromatic carbocycles. The van der Waals surface area contributed by atoms with Crippen molar-refractivity contribution in [1.29, 1.82) is 0 Å². The first-order valence-corrected chi connectivity index (χ1v) is 8.50. The monoisotopic (exact) mass is 447 g/mol. The highest BCUT2D eigenvalue weighted by atomic mass is 79.9. The molecule has 0 saturated carbocycles. The molecular formula is C14H12Br3NO. The Bertz CT molecular complexity index is 585. The van der Waals surface area contributed by atoms with E-state index in [9.17, 15) is 0 Å². The predicted octanol–water partition coefficient (Wildman–Crippen LogP) is 6.06. The van der Waals surface area contributed by atoms with Crippen LogP contribution in [0.15, 0.2) is 42.3 Å². The molecule has 1 aliphatic carbocycles. The minimum Gasteiger partial charge on any atom is -0.469 e. The van der Waals surface area contributed by atoms with Crippen LogP contribution >= 0.6 is 47.8 Å². The Hall–Kier alpha value is -0.260. The summed E-state index contributed by atoms with van der Waals surface area (Å²) in [4.78, 5) is 0. The molecule has 19 heavy (non-hydrogen) atoms. The number of hydrogen-bond acceptors (Lipinski definition) is 2. The maximum Gasteiger partial charge on any atom is 0.109 e. The smallest absolute Gasteiger partial charge is 0.109 e. The molecule has 0 aliphatic heterocycles. The molecule has 1 atom stereocenters. The van der Waals surface area contributed by atoms with E-state index in [-0.39, 0.29) is 0 Å². The molecular weight excluding hydrogens is 438 g/mol. The summed E-state index contributed by atoms with van der Waals surface area (Å²) in [7, 11) is 0.